The van der Waals surface area contributed by atoms with E-state index in [0.717, 1.165) is 35.6 Å². The number of alkyl halides is 3. The molecule has 3 aliphatic rings. The third-order valence-corrected chi connectivity index (χ3v) is 6.92. The van der Waals surface area contributed by atoms with Crippen LogP contribution in [-0.4, -0.2) is 82.9 Å². The summed E-state index contributed by atoms with van der Waals surface area (Å²) in [5, 5.41) is 6.36. The number of carbonyl (C=O) groups is 1. The third kappa shape index (κ3) is 10.3. The van der Waals surface area contributed by atoms with Crippen LogP contribution in [0.5, 0.6) is 0 Å². The number of anilines is 1. The number of carbonyl (C=O) groups excluding carboxylic acids is 1. The summed E-state index contributed by atoms with van der Waals surface area (Å²) in [5.74, 6) is 0.421. The Bertz CT molecular complexity index is 1050. The molecule has 4 N–H and O–H groups in total. The normalized spacial score (nSPS) is 21.4. The van der Waals surface area contributed by atoms with Crippen molar-refractivity contribution in [3.63, 3.8) is 0 Å². The largest absolute Gasteiger partial charge is 0.394 e. The van der Waals surface area contributed by atoms with Crippen LogP contribution in [0, 0.1) is 18.2 Å². The van der Waals surface area contributed by atoms with Crippen LogP contribution in [-0.2, 0) is 14.3 Å². The van der Waals surface area contributed by atoms with Crippen LogP contribution < -0.4 is 16.4 Å². The molecular formula is C29H43F4N5O3. The van der Waals surface area contributed by atoms with Crippen molar-refractivity contribution in [3.05, 3.63) is 47.0 Å². The fraction of sp³-hybridized carbons (Fsp3) is 0.586. The van der Waals surface area contributed by atoms with Gasteiger partial charge in [0.1, 0.15) is 11.6 Å². The Morgan fingerprint density at radius 1 is 1.15 bits per heavy atom. The number of aliphatic imine (C=N–C) groups is 1. The number of nitrogens with one attached hydrogen (secondary N) is 2. The van der Waals surface area contributed by atoms with Gasteiger partial charge in [0, 0.05) is 32.4 Å². The van der Waals surface area contributed by atoms with Gasteiger partial charge in [-0.15, -0.1) is 0 Å². The average Bonchev–Trinajstić information content (AvgIpc) is 3.74. The average molecular weight is 586 g/mol. The van der Waals surface area contributed by atoms with E-state index in [4.69, 9.17) is 14.3 Å². The Labute approximate surface area is 240 Å². The van der Waals surface area contributed by atoms with Crippen molar-refractivity contribution in [2.24, 2.45) is 16.1 Å². The van der Waals surface area contributed by atoms with Gasteiger partial charge < -0.3 is 30.7 Å². The van der Waals surface area contributed by atoms with Crippen LogP contribution in [0.2, 0.25) is 0 Å². The predicted molar refractivity (Wildman–Crippen MR) is 154 cm³/mol. The molecule has 0 radical (unpaired) electrons. The van der Waals surface area contributed by atoms with Gasteiger partial charge in [-0.05, 0) is 67.2 Å². The molecule has 0 bridgehead atoms. The lowest BCUT2D eigenvalue weighted by Gasteiger charge is -2.32. The lowest BCUT2D eigenvalue weighted by atomic mass is 9.98. The third-order valence-electron chi connectivity index (χ3n) is 6.92. The molecule has 230 valence electrons. The van der Waals surface area contributed by atoms with Crippen LogP contribution in [0.15, 0.2) is 35.1 Å². The molecule has 12 heteroatoms. The highest BCUT2D eigenvalue weighted by Crippen LogP contribution is 2.59. The molecule has 0 unspecified atom stereocenters. The zero-order valence-electron chi connectivity index (χ0n) is 24.2. The van der Waals surface area contributed by atoms with E-state index in [9.17, 15) is 17.6 Å². The van der Waals surface area contributed by atoms with Gasteiger partial charge in [-0.3, -0.25) is 9.79 Å². The number of aryl methyl sites for hydroxylation is 1. The van der Waals surface area contributed by atoms with Gasteiger partial charge in [0.05, 0.1) is 44.1 Å². The van der Waals surface area contributed by atoms with Crippen molar-refractivity contribution in [1.29, 1.82) is 0 Å². The van der Waals surface area contributed by atoms with Gasteiger partial charge in [-0.25, -0.2) is 4.39 Å². The number of nitrogens with two attached hydrogens (primary N) is 1. The van der Waals surface area contributed by atoms with Crippen LogP contribution >= 0.6 is 0 Å². The van der Waals surface area contributed by atoms with Crippen molar-refractivity contribution in [2.45, 2.75) is 46.2 Å². The fourth-order valence-corrected chi connectivity index (χ4v) is 4.48. The van der Waals surface area contributed by atoms with E-state index in [1.807, 2.05) is 32.9 Å². The maximum atomic E-state index is 14.8. The molecule has 0 aromatic heterocycles. The number of hydrogen-bond acceptors (Lipinski definition) is 7. The summed E-state index contributed by atoms with van der Waals surface area (Å²) in [4.78, 5) is 15.2. The molecule has 0 spiro atoms. The van der Waals surface area contributed by atoms with E-state index in [1.54, 1.807) is 12.3 Å². The number of ether oxygens (including phenoxy) is 2. The molecule has 1 amide bonds. The van der Waals surface area contributed by atoms with Crippen LogP contribution in [0.25, 0.3) is 5.57 Å². The van der Waals surface area contributed by atoms with Crippen molar-refractivity contribution in [1.82, 2.24) is 10.2 Å². The Hall–Kier alpha value is -3.12. The molecule has 1 aliphatic carbocycles. The van der Waals surface area contributed by atoms with E-state index >= 15 is 0 Å². The van der Waals surface area contributed by atoms with Crippen molar-refractivity contribution in [2.75, 3.05) is 64.5 Å². The minimum Gasteiger partial charge on any atom is -0.383 e. The number of benzene rings is 1. The van der Waals surface area contributed by atoms with Gasteiger partial charge in [0.2, 0.25) is 6.41 Å². The summed E-state index contributed by atoms with van der Waals surface area (Å²) >= 11 is 0. The van der Waals surface area contributed by atoms with Gasteiger partial charge in [0.15, 0.2) is 0 Å². The second-order valence-electron chi connectivity index (χ2n) is 9.58. The van der Waals surface area contributed by atoms with Crippen molar-refractivity contribution < 1.29 is 31.8 Å². The van der Waals surface area contributed by atoms with E-state index in [2.05, 4.69) is 26.3 Å². The molecule has 8 nitrogen and oxygen atoms in total. The summed E-state index contributed by atoms with van der Waals surface area (Å²) in [6.07, 6.45) is 1.83. The zero-order valence-corrected chi connectivity index (χ0v) is 24.2. The van der Waals surface area contributed by atoms with E-state index in [-0.39, 0.29) is 37.9 Å². The van der Waals surface area contributed by atoms with E-state index in [1.165, 1.54) is 6.07 Å². The van der Waals surface area contributed by atoms with Gasteiger partial charge >= 0.3 is 6.18 Å². The molecule has 2 fully saturated rings. The summed E-state index contributed by atoms with van der Waals surface area (Å²) in [6.45, 7) is 10.8. The van der Waals surface area contributed by atoms with Gasteiger partial charge in [-0.1, -0.05) is 13.8 Å². The first-order valence-electron chi connectivity index (χ1n) is 14.0. The first-order valence-corrected chi connectivity index (χ1v) is 14.0. The molecule has 1 saturated carbocycles. The van der Waals surface area contributed by atoms with Crippen LogP contribution in [0.3, 0.4) is 0 Å². The molecule has 2 heterocycles. The summed E-state index contributed by atoms with van der Waals surface area (Å²) in [5.41, 5.74) is 5.06. The number of nitrogens with zero attached hydrogens (tertiary/aromatic N) is 2. The summed E-state index contributed by atoms with van der Waals surface area (Å²) in [7, 11) is 0. The highest BCUT2D eigenvalue weighted by atomic mass is 19.4. The van der Waals surface area contributed by atoms with Gasteiger partial charge in [0.25, 0.3) is 0 Å². The quantitative estimate of drug-likeness (QED) is 0.332. The maximum Gasteiger partial charge on any atom is 0.394 e. The van der Waals surface area contributed by atoms with E-state index < -0.39 is 17.4 Å². The number of morpholine rings is 1. The monoisotopic (exact) mass is 585 g/mol. The van der Waals surface area contributed by atoms with Gasteiger partial charge in [-0.2, -0.15) is 13.2 Å². The van der Waals surface area contributed by atoms with Crippen LogP contribution in [0.4, 0.5) is 23.2 Å². The predicted octanol–water partition coefficient (Wildman–Crippen LogP) is 4.65. The first kappa shape index (κ1) is 34.1. The molecule has 2 aliphatic heterocycles. The Balaban J connectivity index is 0.00000110. The van der Waals surface area contributed by atoms with Crippen molar-refractivity contribution >= 4 is 23.9 Å². The molecule has 1 saturated heterocycles. The lowest BCUT2D eigenvalue weighted by Crippen LogP contribution is -2.41. The molecule has 41 heavy (non-hydrogen) atoms. The molecular weight excluding hydrogens is 542 g/mol. The highest BCUT2D eigenvalue weighted by molar-refractivity contribution is 5.90. The standard InChI is InChI=1S/C26H34F4N4O2.C2H6.CH3NO/c1-19-16-22(27)23(32-7-5-25(3-4-25)26(28,29)30)18-21(19)20-2-6-31-8-12-35-13-9-33-24(17-20)34-10-14-36-15-11-34;1-2;2-1-3/h2,6,16-18,32-33H,3-5,7-15H2,1H3;1-2H3;1H,(H2,2,3)/b20-2+,24-17+,31-6?;;. The minimum atomic E-state index is -4.22. The van der Waals surface area contributed by atoms with Crippen LogP contribution in [0.1, 0.15) is 44.2 Å². The Kier molecular flexibility index (Phi) is 14.1. The van der Waals surface area contributed by atoms with E-state index in [0.29, 0.717) is 39.5 Å². The number of hydrogen-bond donors (Lipinski definition) is 3. The zero-order chi connectivity index (χ0) is 30.3. The number of amides is 1. The lowest BCUT2D eigenvalue weighted by molar-refractivity contribution is -0.187. The number of primary amides is 1. The molecule has 1 aromatic rings. The number of halogens is 4. The molecule has 4 rings (SSSR count). The second-order valence-corrected chi connectivity index (χ2v) is 9.58. The molecule has 1 aromatic carbocycles. The number of allylic oxidation sites excluding steroid dienone is 3. The topological polar surface area (TPSA) is 101 Å². The second kappa shape index (κ2) is 17.0. The maximum absolute atomic E-state index is 14.8. The highest BCUT2D eigenvalue weighted by Gasteiger charge is 2.62. The first-order chi connectivity index (χ1) is 19.7. The molecule has 0 atom stereocenters. The Morgan fingerprint density at radius 3 is 2.44 bits per heavy atom. The summed E-state index contributed by atoms with van der Waals surface area (Å²) in [6, 6.07) is 3.10. The fourth-order valence-electron chi connectivity index (χ4n) is 4.48. The minimum absolute atomic E-state index is 0.0514. The Morgan fingerprint density at radius 2 is 1.80 bits per heavy atom. The SMILES string of the molecule is CC.Cc1cc(F)c(NCCC2(C(F)(F)F)CC2)cc1C1=C/C=NCCOCCN/C(N2CCOCC2)=C\1.NC=O. The smallest absolute Gasteiger partial charge is 0.383 e. The van der Waals surface area contributed by atoms with Crippen molar-refractivity contribution in [3.8, 4) is 0 Å². The summed E-state index contributed by atoms with van der Waals surface area (Å²) < 4.78 is 65.8. The number of rotatable bonds is 6.